The van der Waals surface area contributed by atoms with Gasteiger partial charge < -0.3 is 13.8 Å². The van der Waals surface area contributed by atoms with Gasteiger partial charge in [-0.05, 0) is 88.4 Å². The van der Waals surface area contributed by atoms with Crippen molar-refractivity contribution in [1.29, 1.82) is 0 Å². The maximum absolute atomic E-state index is 13.4. The average Bonchev–Trinajstić information content (AvgIpc) is 3.20. The van der Waals surface area contributed by atoms with Crippen molar-refractivity contribution in [2.75, 3.05) is 13.2 Å². The predicted octanol–water partition coefficient (Wildman–Crippen LogP) is 7.46. The Morgan fingerprint density at radius 1 is 0.951 bits per heavy atom. The topological polar surface area (TPSA) is 95.0 Å². The number of hydrogen-bond acceptors (Lipinski definition) is 7. The molecule has 1 aromatic heterocycles. The van der Waals surface area contributed by atoms with Crippen LogP contribution in [0.15, 0.2) is 54.6 Å². The second-order valence-corrected chi connectivity index (χ2v) is 13.0. The van der Waals surface area contributed by atoms with Crippen LogP contribution in [0, 0.1) is 6.92 Å². The third-order valence-electron chi connectivity index (χ3n) is 7.54. The van der Waals surface area contributed by atoms with Crippen LogP contribution in [-0.2, 0) is 20.2 Å². The molecule has 10 heteroatoms. The molecule has 1 aliphatic carbocycles. The van der Waals surface area contributed by atoms with Crippen molar-refractivity contribution in [1.82, 2.24) is 9.88 Å². The van der Waals surface area contributed by atoms with Gasteiger partial charge in [0, 0.05) is 10.6 Å². The molecule has 0 saturated heterocycles. The first-order valence-electron chi connectivity index (χ1n) is 14.0. The van der Waals surface area contributed by atoms with Gasteiger partial charge in [0.1, 0.15) is 5.75 Å². The number of hydrogen-bond donors (Lipinski definition) is 0. The molecule has 5 rings (SSSR count). The molecular weight excluding hydrogens is 563 g/mol. The maximum atomic E-state index is 13.4. The van der Waals surface area contributed by atoms with Crippen LogP contribution in [0.1, 0.15) is 71.5 Å². The number of imide groups is 1. The fourth-order valence-corrected chi connectivity index (χ4v) is 8.02. The molecular formula is C31H34ClN2O6P. The van der Waals surface area contributed by atoms with E-state index in [1.165, 1.54) is 4.90 Å². The van der Waals surface area contributed by atoms with Crippen LogP contribution in [-0.4, -0.2) is 46.7 Å². The monoisotopic (exact) mass is 596 g/mol. The van der Waals surface area contributed by atoms with Crippen molar-refractivity contribution in [3.05, 3.63) is 82.0 Å². The number of nitrogens with zero attached hydrogens (tertiary/aromatic N) is 2. The number of ether oxygens (including phenoxy) is 1. The number of aryl methyl sites for hydroxylation is 1. The molecule has 2 aromatic carbocycles. The summed E-state index contributed by atoms with van der Waals surface area (Å²) >= 11 is 6.33. The Balaban J connectivity index is 1.35. The highest BCUT2D eigenvalue weighted by atomic mass is 35.5. The Bertz CT molecular complexity index is 1470. The fraction of sp³-hybridized carbons (Fsp3) is 0.387. The standard InChI is InChI=1S/C31H34ClN2O6P/c1-4-38-41(37,39-5-2)24-10-8-9-23(18-24)40-29-16-15-28(33-20(29)3)25-14-13-22(32)17-21(25)19-34-30(35)26-11-6-7-12-27(26)31(34)36/h6-7,11-17,23-24H,4-5,8-10,18-19H2,1-3H3. The van der Waals surface area contributed by atoms with E-state index >= 15 is 0 Å². The van der Waals surface area contributed by atoms with Gasteiger partial charge in [-0.2, -0.15) is 0 Å². The van der Waals surface area contributed by atoms with E-state index in [0.717, 1.165) is 24.8 Å². The van der Waals surface area contributed by atoms with Crippen LogP contribution < -0.4 is 4.74 Å². The second-order valence-electron chi connectivity index (χ2n) is 10.3. The van der Waals surface area contributed by atoms with Crippen LogP contribution in [0.5, 0.6) is 5.75 Å². The second kappa shape index (κ2) is 12.5. The SMILES string of the molecule is CCOP(=O)(OCC)C1CCCC(Oc2ccc(-c3ccc(Cl)cc3CN3C(=O)c4ccccc4C3=O)nc2C)C1. The zero-order valence-electron chi connectivity index (χ0n) is 23.5. The quantitative estimate of drug-likeness (QED) is 0.177. The minimum absolute atomic E-state index is 0.0738. The Morgan fingerprint density at radius 2 is 1.63 bits per heavy atom. The van der Waals surface area contributed by atoms with Crippen molar-refractivity contribution in [3.63, 3.8) is 0 Å². The Morgan fingerprint density at radius 3 is 2.27 bits per heavy atom. The molecule has 1 saturated carbocycles. The Labute approximate surface area is 245 Å². The van der Waals surface area contributed by atoms with Gasteiger partial charge in [-0.3, -0.25) is 19.1 Å². The lowest BCUT2D eigenvalue weighted by atomic mass is 9.97. The number of halogens is 1. The van der Waals surface area contributed by atoms with Crippen LogP contribution in [0.4, 0.5) is 0 Å². The van der Waals surface area contributed by atoms with Crippen molar-refractivity contribution >= 4 is 31.0 Å². The normalized spacial score (nSPS) is 19.0. The van der Waals surface area contributed by atoms with E-state index < -0.39 is 7.60 Å². The summed E-state index contributed by atoms with van der Waals surface area (Å²) in [6.45, 7) is 6.28. The first kappa shape index (κ1) is 29.5. The highest BCUT2D eigenvalue weighted by Crippen LogP contribution is 2.57. The molecule has 1 fully saturated rings. The third kappa shape index (κ3) is 6.12. The Hall–Kier alpha value is -3.03. The van der Waals surface area contributed by atoms with Crippen LogP contribution in [0.25, 0.3) is 11.3 Å². The van der Waals surface area contributed by atoms with Crippen molar-refractivity contribution in [2.45, 2.75) is 64.8 Å². The molecule has 41 heavy (non-hydrogen) atoms. The zero-order chi connectivity index (χ0) is 29.1. The number of rotatable bonds is 10. The molecule has 2 heterocycles. The lowest BCUT2D eigenvalue weighted by Crippen LogP contribution is -2.30. The Kier molecular flexibility index (Phi) is 8.95. The highest BCUT2D eigenvalue weighted by molar-refractivity contribution is 7.54. The summed E-state index contributed by atoms with van der Waals surface area (Å²) in [5, 5.41) is 0.500. The summed E-state index contributed by atoms with van der Waals surface area (Å²) in [5.74, 6) is -0.000228. The van der Waals surface area contributed by atoms with Gasteiger partial charge >= 0.3 is 7.60 Å². The van der Waals surface area contributed by atoms with Crippen LogP contribution in [0.2, 0.25) is 5.02 Å². The average molecular weight is 597 g/mol. The number of amides is 2. The van der Waals surface area contributed by atoms with E-state index in [2.05, 4.69) is 0 Å². The van der Waals surface area contributed by atoms with Gasteiger partial charge in [0.15, 0.2) is 0 Å². The summed E-state index contributed by atoms with van der Waals surface area (Å²) in [5.41, 5.74) is 3.46. The van der Waals surface area contributed by atoms with Crippen molar-refractivity contribution in [3.8, 4) is 17.0 Å². The smallest absolute Gasteiger partial charge is 0.333 e. The molecule has 0 radical (unpaired) electrons. The molecule has 2 unspecified atom stereocenters. The molecule has 3 aromatic rings. The number of aromatic nitrogens is 1. The first-order chi connectivity index (χ1) is 19.7. The molecule has 216 valence electrons. The molecule has 8 nitrogen and oxygen atoms in total. The van der Waals surface area contributed by atoms with E-state index in [0.29, 0.717) is 58.5 Å². The van der Waals surface area contributed by atoms with E-state index in [1.54, 1.807) is 36.4 Å². The number of carbonyl (C=O) groups is 2. The minimum atomic E-state index is -3.21. The lowest BCUT2D eigenvalue weighted by molar-refractivity contribution is 0.0642. The van der Waals surface area contributed by atoms with E-state index in [1.807, 2.05) is 39.0 Å². The molecule has 1 aliphatic heterocycles. The van der Waals surface area contributed by atoms with E-state index in [-0.39, 0.29) is 30.1 Å². The van der Waals surface area contributed by atoms with Gasteiger partial charge in [-0.15, -0.1) is 0 Å². The molecule has 0 spiro atoms. The zero-order valence-corrected chi connectivity index (χ0v) is 25.1. The molecule has 0 bridgehead atoms. The molecule has 2 aliphatic rings. The largest absolute Gasteiger partial charge is 0.489 e. The number of fused-ring (bicyclic) bond motifs is 1. The van der Waals surface area contributed by atoms with Crippen LogP contribution >= 0.6 is 19.2 Å². The fourth-order valence-electron chi connectivity index (χ4n) is 5.62. The van der Waals surface area contributed by atoms with Crippen molar-refractivity contribution < 1.29 is 27.9 Å². The molecule has 0 N–H and O–H groups in total. The van der Waals surface area contributed by atoms with Gasteiger partial charge in [0.25, 0.3) is 11.8 Å². The van der Waals surface area contributed by atoms with Gasteiger partial charge in [0.05, 0.1) is 54.0 Å². The number of carbonyl (C=O) groups excluding carboxylic acids is 2. The summed E-state index contributed by atoms with van der Waals surface area (Å²) in [6.07, 6.45) is 2.95. The van der Waals surface area contributed by atoms with E-state index in [9.17, 15) is 14.2 Å². The van der Waals surface area contributed by atoms with Crippen LogP contribution in [0.3, 0.4) is 0 Å². The first-order valence-corrected chi connectivity index (χ1v) is 16.0. The third-order valence-corrected chi connectivity index (χ3v) is 10.4. The number of pyridine rings is 1. The highest BCUT2D eigenvalue weighted by Gasteiger charge is 2.40. The molecule has 2 amide bonds. The summed E-state index contributed by atoms with van der Waals surface area (Å²) < 4.78 is 30.9. The lowest BCUT2D eigenvalue weighted by Gasteiger charge is -2.33. The van der Waals surface area contributed by atoms with Gasteiger partial charge in [-0.25, -0.2) is 4.98 Å². The van der Waals surface area contributed by atoms with Gasteiger partial charge in [0.2, 0.25) is 0 Å². The predicted molar refractivity (Wildman–Crippen MR) is 158 cm³/mol. The number of benzene rings is 2. The van der Waals surface area contributed by atoms with E-state index in [4.69, 9.17) is 30.4 Å². The summed E-state index contributed by atoms with van der Waals surface area (Å²) in [6, 6.07) is 16.0. The summed E-state index contributed by atoms with van der Waals surface area (Å²) in [7, 11) is -3.21. The van der Waals surface area contributed by atoms with Gasteiger partial charge in [-0.1, -0.05) is 29.8 Å². The summed E-state index contributed by atoms with van der Waals surface area (Å²) in [4.78, 5) is 32.1. The maximum Gasteiger partial charge on any atom is 0.333 e. The minimum Gasteiger partial charge on any atom is -0.489 e. The molecule has 2 atom stereocenters. The van der Waals surface area contributed by atoms with Crippen molar-refractivity contribution in [2.24, 2.45) is 0 Å².